The van der Waals surface area contributed by atoms with E-state index in [9.17, 15) is 4.79 Å². The van der Waals surface area contributed by atoms with Crippen molar-refractivity contribution in [1.29, 1.82) is 0 Å². The van der Waals surface area contributed by atoms with Crippen molar-refractivity contribution < 1.29 is 9.53 Å². The highest BCUT2D eigenvalue weighted by Gasteiger charge is 1.95. The molecule has 14 heavy (non-hydrogen) atoms. The molecular weight excluding hydrogens is 291 g/mol. The fraction of sp³-hybridized carbons (Fsp3) is 0.273. The maximum atomic E-state index is 11.1. The molecule has 0 spiro atoms. The Morgan fingerprint density at radius 1 is 1.64 bits per heavy atom. The summed E-state index contributed by atoms with van der Waals surface area (Å²) >= 11 is 0.119. The van der Waals surface area contributed by atoms with E-state index in [1.165, 1.54) is 6.08 Å². The molecule has 1 rings (SSSR count). The molecule has 0 atom stereocenters. The van der Waals surface area contributed by atoms with Crippen molar-refractivity contribution in [3.63, 3.8) is 0 Å². The molecule has 3 heteroatoms. The van der Waals surface area contributed by atoms with Gasteiger partial charge in [0.15, 0.2) is 0 Å². The van der Waals surface area contributed by atoms with Crippen LogP contribution in [-0.2, 0) is 9.53 Å². The van der Waals surface area contributed by atoms with Crippen LogP contribution in [0.15, 0.2) is 34.0 Å². The molecule has 1 aliphatic heterocycles. The van der Waals surface area contributed by atoms with Crippen LogP contribution in [0.4, 0.5) is 0 Å². The zero-order valence-electron chi connectivity index (χ0n) is 8.07. The normalized spacial score (nSPS) is 15.1. The van der Waals surface area contributed by atoms with Gasteiger partial charge in [0.2, 0.25) is 0 Å². The summed E-state index contributed by atoms with van der Waals surface area (Å²) in [6, 6.07) is 0. The summed E-state index contributed by atoms with van der Waals surface area (Å²) in [5.41, 5.74) is 1.06. The van der Waals surface area contributed by atoms with Crippen molar-refractivity contribution in [1.82, 2.24) is 0 Å². The number of allylic oxidation sites excluding steroid dienone is 4. The molecule has 0 N–H and O–H groups in total. The van der Waals surface area contributed by atoms with E-state index in [2.05, 4.69) is 8.09 Å². The van der Waals surface area contributed by atoms with E-state index in [0.717, 1.165) is 12.0 Å². The number of halogens is 1. The third-order valence-corrected chi connectivity index (χ3v) is 3.07. The number of esters is 1. The second kappa shape index (κ2) is 6.70. The van der Waals surface area contributed by atoms with Gasteiger partial charge < -0.3 is 4.74 Å². The van der Waals surface area contributed by atoms with E-state index in [0.29, 0.717) is 6.61 Å². The minimum atomic E-state index is -0.263. The summed E-state index contributed by atoms with van der Waals surface area (Å²) < 4.78 is 9.23. The summed E-state index contributed by atoms with van der Waals surface area (Å²) in [6.07, 6.45) is 8.20. The minimum absolute atomic E-state index is 0.119. The highest BCUT2D eigenvalue weighted by Crippen LogP contribution is 2.10. The van der Waals surface area contributed by atoms with Crippen LogP contribution in [0.2, 0.25) is 0 Å². The first-order valence-electron chi connectivity index (χ1n) is 4.50. The summed E-state index contributed by atoms with van der Waals surface area (Å²) in [7, 11) is 0. The van der Waals surface area contributed by atoms with Crippen LogP contribution in [0, 0.1) is 0 Å². The van der Waals surface area contributed by atoms with Crippen LogP contribution in [0.5, 0.6) is 0 Å². The molecule has 0 aromatic heterocycles. The molecule has 0 unspecified atom stereocenters. The van der Waals surface area contributed by atoms with Crippen LogP contribution < -0.4 is 0 Å². The lowest BCUT2D eigenvalue weighted by molar-refractivity contribution is -0.137. The van der Waals surface area contributed by atoms with Gasteiger partial charge in [-0.2, -0.15) is 0 Å². The smallest absolute Gasteiger partial charge is 0.330 e. The molecule has 0 fully saturated rings. The van der Waals surface area contributed by atoms with Crippen molar-refractivity contribution in [2.24, 2.45) is 0 Å². The predicted octanol–water partition coefficient (Wildman–Crippen LogP) is 2.72. The number of hydrogen-bond acceptors (Lipinski definition) is 2. The van der Waals surface area contributed by atoms with Crippen molar-refractivity contribution in [3.8, 4) is 0 Å². The van der Waals surface area contributed by atoms with Gasteiger partial charge in [-0.15, -0.1) is 0 Å². The fourth-order valence-electron chi connectivity index (χ4n) is 0.842. The molecule has 0 bridgehead atoms. The second-order valence-corrected chi connectivity index (χ2v) is 4.87. The van der Waals surface area contributed by atoms with E-state index in [4.69, 9.17) is 4.74 Å². The van der Waals surface area contributed by atoms with E-state index >= 15 is 0 Å². The first-order valence-corrected chi connectivity index (χ1v) is 6.99. The molecule has 0 saturated carbocycles. The Labute approximate surface area is 94.1 Å². The van der Waals surface area contributed by atoms with Gasteiger partial charge in [-0.25, -0.2) is 4.79 Å². The van der Waals surface area contributed by atoms with Gasteiger partial charge in [-0.05, 0) is 38.3 Å². The molecule has 1 aliphatic rings. The van der Waals surface area contributed by atoms with Gasteiger partial charge in [0.25, 0.3) is 0 Å². The van der Waals surface area contributed by atoms with Crippen molar-refractivity contribution in [2.75, 3.05) is 6.61 Å². The van der Waals surface area contributed by atoms with Crippen LogP contribution in [0.25, 0.3) is 0 Å². The molecule has 1 heterocycles. The Morgan fingerprint density at radius 3 is 3.14 bits per heavy atom. The molecule has 0 saturated heterocycles. The highest BCUT2D eigenvalue weighted by atomic mass is 127. The number of rotatable bonds is 4. The van der Waals surface area contributed by atoms with E-state index in [1.807, 2.05) is 19.1 Å². The van der Waals surface area contributed by atoms with E-state index in [1.54, 1.807) is 6.08 Å². The van der Waals surface area contributed by atoms with Gasteiger partial charge in [-0.3, -0.25) is 0 Å². The largest absolute Gasteiger partial charge is 0.463 e. The Hall–Kier alpha value is -0.710. The second-order valence-electron chi connectivity index (χ2n) is 2.71. The third-order valence-electron chi connectivity index (χ3n) is 1.52. The molecule has 2 nitrogen and oxygen atoms in total. The monoisotopic (exact) mass is 304 g/mol. The first kappa shape index (κ1) is 11.4. The minimum Gasteiger partial charge on any atom is -0.463 e. The summed E-state index contributed by atoms with van der Waals surface area (Å²) in [5.74, 6) is -0.263. The van der Waals surface area contributed by atoms with Crippen molar-refractivity contribution in [2.45, 2.75) is 13.3 Å². The maximum absolute atomic E-state index is 11.1. The van der Waals surface area contributed by atoms with Crippen LogP contribution in [0.3, 0.4) is 0 Å². The first-order chi connectivity index (χ1) is 6.83. The van der Waals surface area contributed by atoms with Crippen molar-refractivity contribution in [3.05, 3.63) is 34.0 Å². The zero-order valence-corrected chi connectivity index (χ0v) is 10.2. The van der Waals surface area contributed by atoms with Gasteiger partial charge in [0.05, 0.1) is 6.61 Å². The van der Waals surface area contributed by atoms with E-state index < -0.39 is 0 Å². The van der Waals surface area contributed by atoms with Crippen LogP contribution in [-0.4, -0.2) is 16.6 Å². The SMILES string of the molecule is CCCOC(=O)/C=C/C1=CC=IC=C1. The van der Waals surface area contributed by atoms with Crippen LogP contribution >= 0.6 is 20.7 Å². The predicted molar refractivity (Wildman–Crippen MR) is 67.7 cm³/mol. The van der Waals surface area contributed by atoms with Gasteiger partial charge in [0.1, 0.15) is 0 Å². The Kier molecular flexibility index (Phi) is 5.44. The molecule has 0 amide bonds. The Balaban J connectivity index is 2.39. The lowest BCUT2D eigenvalue weighted by Crippen LogP contribution is -2.00. The summed E-state index contributed by atoms with van der Waals surface area (Å²) in [6.45, 7) is 2.47. The zero-order chi connectivity index (χ0) is 10.2. The lowest BCUT2D eigenvalue weighted by Gasteiger charge is -1.98. The molecule has 0 aliphatic carbocycles. The van der Waals surface area contributed by atoms with E-state index in [-0.39, 0.29) is 26.7 Å². The number of carbonyl (C=O) groups excluding carboxylic acids is 1. The molecule has 0 aromatic carbocycles. The summed E-state index contributed by atoms with van der Waals surface area (Å²) in [4.78, 5) is 11.1. The average Bonchev–Trinajstić information content (AvgIpc) is 2.25. The van der Waals surface area contributed by atoms with Crippen LogP contribution in [0.1, 0.15) is 13.3 Å². The molecule has 0 aromatic rings. The Bertz CT molecular complexity index is 311. The molecular formula is C11H13IO2. The third kappa shape index (κ3) is 4.50. The average molecular weight is 304 g/mol. The van der Waals surface area contributed by atoms with Gasteiger partial charge in [0, 0.05) is 6.08 Å². The number of hydrogen-bond donors (Lipinski definition) is 0. The topological polar surface area (TPSA) is 26.3 Å². The van der Waals surface area contributed by atoms with Gasteiger partial charge in [-0.1, -0.05) is 27.7 Å². The summed E-state index contributed by atoms with van der Waals surface area (Å²) in [5, 5.41) is 0. The number of carbonyl (C=O) groups is 1. The quantitative estimate of drug-likeness (QED) is 0.453. The molecule has 0 radical (unpaired) electrons. The highest BCUT2D eigenvalue weighted by molar-refractivity contribution is 14.2. The molecule has 76 valence electrons. The van der Waals surface area contributed by atoms with Crippen molar-refractivity contribution >= 4 is 30.7 Å². The Morgan fingerprint density at radius 2 is 2.50 bits per heavy atom. The fourth-order valence-corrected chi connectivity index (χ4v) is 2.33. The number of ether oxygens (including phenoxy) is 1. The standard InChI is InChI=1S/C11H13IO2/c1-2-9-14-11(13)4-3-10-5-7-12-8-6-10/h3-8H,2,9H2,1H3/b4-3+. The van der Waals surface area contributed by atoms with Gasteiger partial charge >= 0.3 is 5.97 Å². The lowest BCUT2D eigenvalue weighted by atomic mass is 10.2. The maximum Gasteiger partial charge on any atom is 0.330 e.